The summed E-state index contributed by atoms with van der Waals surface area (Å²) in [5.74, 6) is 0.551. The van der Waals surface area contributed by atoms with Crippen molar-refractivity contribution >= 4 is 29.3 Å². The number of aryl methyl sites for hydroxylation is 1. The maximum Gasteiger partial charge on any atom is 0.254 e. The standard InChI is InChI=1S/C21H24ClN5O3S/c1-4-11-27(12-17-25-26-20(30-17)15-7-5-6-8-16(15)22)18(28)10-9-14-13(2)23-21(31-3)24-19(14)29/h5-8H,4,9-12H2,1-3H3,(H,23,24,29). The van der Waals surface area contributed by atoms with Gasteiger partial charge >= 0.3 is 0 Å². The Bertz CT molecular complexity index is 1110. The SMILES string of the molecule is CCCN(Cc1nnc(-c2ccccc2Cl)o1)C(=O)CCc1c(C)nc(SC)[nH]c1=O. The molecule has 10 heteroatoms. The summed E-state index contributed by atoms with van der Waals surface area (Å²) in [4.78, 5) is 33.9. The number of halogens is 1. The highest BCUT2D eigenvalue weighted by atomic mass is 35.5. The summed E-state index contributed by atoms with van der Waals surface area (Å²) < 4.78 is 5.74. The van der Waals surface area contributed by atoms with E-state index in [-0.39, 0.29) is 24.4 Å². The van der Waals surface area contributed by atoms with Gasteiger partial charge in [-0.1, -0.05) is 42.4 Å². The van der Waals surface area contributed by atoms with Crippen LogP contribution in [0.15, 0.2) is 38.6 Å². The van der Waals surface area contributed by atoms with E-state index in [1.54, 1.807) is 24.0 Å². The lowest BCUT2D eigenvalue weighted by Crippen LogP contribution is -2.32. The van der Waals surface area contributed by atoms with Crippen LogP contribution in [-0.4, -0.2) is 43.8 Å². The average Bonchev–Trinajstić information content (AvgIpc) is 3.21. The highest BCUT2D eigenvalue weighted by Gasteiger charge is 2.19. The molecule has 31 heavy (non-hydrogen) atoms. The van der Waals surface area contributed by atoms with Crippen LogP contribution in [0.3, 0.4) is 0 Å². The Morgan fingerprint density at radius 1 is 1.29 bits per heavy atom. The molecule has 0 aliphatic heterocycles. The molecule has 2 heterocycles. The minimum atomic E-state index is -0.201. The Balaban J connectivity index is 1.69. The third-order valence-electron chi connectivity index (χ3n) is 4.73. The van der Waals surface area contributed by atoms with Gasteiger partial charge in [-0.25, -0.2) is 4.98 Å². The average molecular weight is 462 g/mol. The molecule has 1 amide bonds. The van der Waals surface area contributed by atoms with Crippen molar-refractivity contribution in [2.45, 2.75) is 44.8 Å². The molecule has 3 aromatic rings. The van der Waals surface area contributed by atoms with Gasteiger partial charge in [0.2, 0.25) is 17.7 Å². The fraction of sp³-hybridized carbons (Fsp3) is 0.381. The highest BCUT2D eigenvalue weighted by molar-refractivity contribution is 7.98. The predicted octanol–water partition coefficient (Wildman–Crippen LogP) is 3.88. The van der Waals surface area contributed by atoms with Crippen molar-refractivity contribution in [2.24, 2.45) is 0 Å². The molecular formula is C21H24ClN5O3S. The van der Waals surface area contributed by atoms with E-state index in [0.29, 0.717) is 51.7 Å². The van der Waals surface area contributed by atoms with Gasteiger partial charge < -0.3 is 14.3 Å². The van der Waals surface area contributed by atoms with Crippen LogP contribution < -0.4 is 5.56 Å². The third-order valence-corrected chi connectivity index (χ3v) is 5.64. The Morgan fingerprint density at radius 2 is 2.06 bits per heavy atom. The Hall–Kier alpha value is -2.65. The van der Waals surface area contributed by atoms with Crippen LogP contribution in [0, 0.1) is 6.92 Å². The van der Waals surface area contributed by atoms with E-state index >= 15 is 0 Å². The number of nitrogens with one attached hydrogen (secondary N) is 1. The normalized spacial score (nSPS) is 11.0. The number of rotatable bonds is 9. The van der Waals surface area contributed by atoms with E-state index in [9.17, 15) is 9.59 Å². The van der Waals surface area contributed by atoms with Gasteiger partial charge in [0.1, 0.15) is 0 Å². The number of benzene rings is 1. The number of carbonyl (C=O) groups is 1. The van der Waals surface area contributed by atoms with Crippen LogP contribution in [0.2, 0.25) is 5.02 Å². The molecular weight excluding hydrogens is 438 g/mol. The first-order valence-corrected chi connectivity index (χ1v) is 11.5. The fourth-order valence-corrected chi connectivity index (χ4v) is 3.79. The maximum absolute atomic E-state index is 12.9. The van der Waals surface area contributed by atoms with Crippen LogP contribution in [0.1, 0.15) is 36.9 Å². The summed E-state index contributed by atoms with van der Waals surface area (Å²) in [6.45, 7) is 4.52. The molecule has 0 aliphatic carbocycles. The first-order chi connectivity index (χ1) is 14.9. The molecule has 0 bridgehead atoms. The van der Waals surface area contributed by atoms with Crippen molar-refractivity contribution in [2.75, 3.05) is 12.8 Å². The van der Waals surface area contributed by atoms with Crippen molar-refractivity contribution in [1.82, 2.24) is 25.1 Å². The first kappa shape index (κ1) is 23.0. The molecule has 164 valence electrons. The Labute approximate surface area is 189 Å². The molecule has 0 saturated carbocycles. The third kappa shape index (κ3) is 5.74. The molecule has 0 unspecified atom stereocenters. The summed E-state index contributed by atoms with van der Waals surface area (Å²) in [7, 11) is 0. The molecule has 1 aromatic carbocycles. The molecule has 3 rings (SSSR count). The second kappa shape index (κ2) is 10.6. The second-order valence-corrected chi connectivity index (χ2v) is 8.14. The van der Waals surface area contributed by atoms with Gasteiger partial charge in [-0.15, -0.1) is 10.2 Å². The van der Waals surface area contributed by atoms with E-state index in [1.807, 2.05) is 25.3 Å². The van der Waals surface area contributed by atoms with Gasteiger partial charge in [0, 0.05) is 24.2 Å². The summed E-state index contributed by atoms with van der Waals surface area (Å²) in [6, 6.07) is 7.20. The molecule has 0 aliphatic rings. The van der Waals surface area contributed by atoms with E-state index in [0.717, 1.165) is 6.42 Å². The van der Waals surface area contributed by atoms with Gasteiger partial charge in [0.25, 0.3) is 5.56 Å². The summed E-state index contributed by atoms with van der Waals surface area (Å²) in [5.41, 5.74) is 1.62. The zero-order valence-corrected chi connectivity index (χ0v) is 19.2. The molecule has 8 nitrogen and oxygen atoms in total. The summed E-state index contributed by atoms with van der Waals surface area (Å²) in [6.07, 6.45) is 3.13. The Kier molecular flexibility index (Phi) is 7.86. The van der Waals surface area contributed by atoms with Crippen LogP contribution in [0.5, 0.6) is 0 Å². The van der Waals surface area contributed by atoms with Crippen molar-refractivity contribution in [3.63, 3.8) is 0 Å². The van der Waals surface area contributed by atoms with Crippen LogP contribution in [0.25, 0.3) is 11.5 Å². The number of carbonyl (C=O) groups excluding carboxylic acids is 1. The van der Waals surface area contributed by atoms with Gasteiger partial charge in [-0.05, 0) is 38.2 Å². The molecule has 0 spiro atoms. The number of hydrogen-bond acceptors (Lipinski definition) is 7. The van der Waals surface area contributed by atoms with E-state index in [2.05, 4.69) is 20.2 Å². The Morgan fingerprint density at radius 3 is 2.74 bits per heavy atom. The van der Waals surface area contributed by atoms with E-state index in [4.69, 9.17) is 16.0 Å². The smallest absolute Gasteiger partial charge is 0.254 e. The number of H-pyrrole nitrogens is 1. The minimum absolute atomic E-state index is 0.0907. The number of aromatic amines is 1. The van der Waals surface area contributed by atoms with Crippen molar-refractivity contribution in [3.05, 3.63) is 56.8 Å². The van der Waals surface area contributed by atoms with Crippen LogP contribution >= 0.6 is 23.4 Å². The predicted molar refractivity (Wildman–Crippen MR) is 120 cm³/mol. The monoisotopic (exact) mass is 461 g/mol. The molecule has 0 radical (unpaired) electrons. The number of thioether (sulfide) groups is 1. The second-order valence-electron chi connectivity index (χ2n) is 6.94. The van der Waals surface area contributed by atoms with Crippen LogP contribution in [-0.2, 0) is 17.8 Å². The van der Waals surface area contributed by atoms with Crippen molar-refractivity contribution < 1.29 is 9.21 Å². The fourth-order valence-electron chi connectivity index (χ4n) is 3.15. The molecule has 1 N–H and O–H groups in total. The largest absolute Gasteiger partial charge is 0.419 e. The lowest BCUT2D eigenvalue weighted by atomic mass is 10.1. The minimum Gasteiger partial charge on any atom is -0.419 e. The lowest BCUT2D eigenvalue weighted by molar-refractivity contribution is -0.132. The van der Waals surface area contributed by atoms with Crippen molar-refractivity contribution in [3.8, 4) is 11.5 Å². The number of amides is 1. The molecule has 0 fully saturated rings. The molecule has 2 aromatic heterocycles. The topological polar surface area (TPSA) is 105 Å². The summed E-state index contributed by atoms with van der Waals surface area (Å²) in [5, 5.41) is 9.21. The number of nitrogens with zero attached hydrogens (tertiary/aromatic N) is 4. The first-order valence-electron chi connectivity index (χ1n) is 9.91. The highest BCUT2D eigenvalue weighted by Crippen LogP contribution is 2.26. The van der Waals surface area contributed by atoms with Gasteiger partial charge in [-0.2, -0.15) is 0 Å². The number of hydrogen-bond donors (Lipinski definition) is 1. The zero-order valence-electron chi connectivity index (χ0n) is 17.6. The van der Waals surface area contributed by atoms with Gasteiger partial charge in [0.05, 0.1) is 17.1 Å². The lowest BCUT2D eigenvalue weighted by Gasteiger charge is -2.20. The van der Waals surface area contributed by atoms with Crippen molar-refractivity contribution in [1.29, 1.82) is 0 Å². The van der Waals surface area contributed by atoms with Gasteiger partial charge in [0.15, 0.2) is 5.16 Å². The zero-order chi connectivity index (χ0) is 22.4. The quantitative estimate of drug-likeness (QED) is 0.380. The van der Waals surface area contributed by atoms with Crippen LogP contribution in [0.4, 0.5) is 0 Å². The molecule has 0 atom stereocenters. The maximum atomic E-state index is 12.9. The summed E-state index contributed by atoms with van der Waals surface area (Å²) >= 11 is 7.56. The van der Waals surface area contributed by atoms with E-state index < -0.39 is 0 Å². The van der Waals surface area contributed by atoms with Gasteiger partial charge in [-0.3, -0.25) is 9.59 Å². The molecule has 0 saturated heterocycles. The number of aromatic nitrogens is 4. The van der Waals surface area contributed by atoms with E-state index in [1.165, 1.54) is 11.8 Å².